The zero-order valence-corrected chi connectivity index (χ0v) is 17.3. The number of halogens is 3. The van der Waals surface area contributed by atoms with Crippen molar-refractivity contribution in [3.8, 4) is 0 Å². The lowest BCUT2D eigenvalue weighted by Gasteiger charge is -2.26. The van der Waals surface area contributed by atoms with Crippen molar-refractivity contribution in [2.45, 2.75) is 51.1 Å². The third-order valence-electron chi connectivity index (χ3n) is 5.79. The van der Waals surface area contributed by atoms with E-state index in [1.54, 1.807) is 26.2 Å². The number of aliphatic hydroxyl groups is 1. The molecule has 168 valence electrons. The molecule has 0 aliphatic carbocycles. The number of aromatic amines is 1. The quantitative estimate of drug-likeness (QED) is 0.550. The number of aromatic nitrogens is 4. The summed E-state index contributed by atoms with van der Waals surface area (Å²) in [5.41, 5.74) is 2.22. The van der Waals surface area contributed by atoms with Gasteiger partial charge in [0.2, 0.25) is 5.91 Å². The number of hydrogen-bond acceptors (Lipinski definition) is 5. The summed E-state index contributed by atoms with van der Waals surface area (Å²) >= 11 is 0. The molecule has 4 rings (SSSR count). The van der Waals surface area contributed by atoms with Gasteiger partial charge in [0, 0.05) is 30.7 Å². The highest BCUT2D eigenvalue weighted by atomic mass is 19.4. The molecule has 1 amide bonds. The fourth-order valence-corrected chi connectivity index (χ4v) is 4.45. The van der Waals surface area contributed by atoms with Crippen molar-refractivity contribution in [1.82, 2.24) is 29.7 Å². The second kappa shape index (κ2) is 8.12. The Morgan fingerprint density at radius 3 is 2.90 bits per heavy atom. The number of likely N-dealkylation sites (tertiary alicyclic amines) is 1. The SMILES string of the molecule is CCC(C(=O)NCC(F)(F)F)N1CC[C@H](n2c([C@@H](C)O)nc3cnc4[nH]ccc4c32)C1. The average Bonchev–Trinajstić information content (AvgIpc) is 3.42. The highest BCUT2D eigenvalue weighted by molar-refractivity contribution is 6.01. The number of amides is 1. The molecule has 3 aromatic heterocycles. The smallest absolute Gasteiger partial charge is 0.385 e. The third kappa shape index (κ3) is 4.11. The number of pyridine rings is 1. The topological polar surface area (TPSA) is 99.1 Å². The number of hydrogen-bond donors (Lipinski definition) is 3. The maximum absolute atomic E-state index is 12.5. The molecule has 0 bridgehead atoms. The van der Waals surface area contributed by atoms with Crippen LogP contribution in [0.2, 0.25) is 0 Å². The van der Waals surface area contributed by atoms with Gasteiger partial charge in [0.15, 0.2) is 0 Å². The van der Waals surface area contributed by atoms with Gasteiger partial charge in [-0.25, -0.2) is 9.97 Å². The molecule has 8 nitrogen and oxygen atoms in total. The molecule has 3 N–H and O–H groups in total. The van der Waals surface area contributed by atoms with Crippen LogP contribution in [0.1, 0.15) is 44.7 Å². The molecule has 3 aromatic rings. The maximum Gasteiger partial charge on any atom is 0.405 e. The minimum absolute atomic E-state index is 0.0837. The Balaban J connectivity index is 1.63. The number of rotatable bonds is 6. The molecular weight excluding hydrogens is 413 g/mol. The fraction of sp³-hybridized carbons (Fsp3) is 0.550. The lowest BCUT2D eigenvalue weighted by Crippen LogP contribution is -2.48. The number of aliphatic hydroxyl groups excluding tert-OH is 1. The van der Waals surface area contributed by atoms with Crippen molar-refractivity contribution in [3.05, 3.63) is 24.3 Å². The Morgan fingerprint density at radius 1 is 1.45 bits per heavy atom. The van der Waals surface area contributed by atoms with Crippen LogP contribution < -0.4 is 5.32 Å². The van der Waals surface area contributed by atoms with Gasteiger partial charge in [0.1, 0.15) is 29.6 Å². The molecule has 1 unspecified atom stereocenters. The number of nitrogens with one attached hydrogen (secondary N) is 2. The summed E-state index contributed by atoms with van der Waals surface area (Å²) in [6.07, 6.45) is -0.733. The van der Waals surface area contributed by atoms with E-state index in [-0.39, 0.29) is 6.04 Å². The van der Waals surface area contributed by atoms with Crippen LogP contribution in [0.15, 0.2) is 18.5 Å². The van der Waals surface area contributed by atoms with E-state index >= 15 is 0 Å². The molecule has 0 radical (unpaired) electrons. The lowest BCUT2D eigenvalue weighted by molar-refractivity contribution is -0.141. The Hall–Kier alpha value is -2.66. The van der Waals surface area contributed by atoms with Crippen molar-refractivity contribution in [2.24, 2.45) is 0 Å². The molecule has 1 aliphatic rings. The van der Waals surface area contributed by atoms with E-state index in [0.717, 1.165) is 10.9 Å². The zero-order valence-electron chi connectivity index (χ0n) is 17.3. The van der Waals surface area contributed by atoms with Crippen molar-refractivity contribution in [2.75, 3.05) is 19.6 Å². The number of fused-ring (bicyclic) bond motifs is 3. The van der Waals surface area contributed by atoms with Gasteiger partial charge in [-0.15, -0.1) is 0 Å². The summed E-state index contributed by atoms with van der Waals surface area (Å²) in [5.74, 6) is -0.115. The van der Waals surface area contributed by atoms with Gasteiger partial charge < -0.3 is 20.0 Å². The third-order valence-corrected chi connectivity index (χ3v) is 5.79. The van der Waals surface area contributed by atoms with Crippen LogP contribution in [0.3, 0.4) is 0 Å². The van der Waals surface area contributed by atoms with Gasteiger partial charge >= 0.3 is 6.18 Å². The summed E-state index contributed by atoms with van der Waals surface area (Å²) in [6, 6.07) is 1.17. The number of carbonyl (C=O) groups excluding carboxylic acids is 1. The first-order valence-electron chi connectivity index (χ1n) is 10.3. The fourth-order valence-electron chi connectivity index (χ4n) is 4.45. The second-order valence-corrected chi connectivity index (χ2v) is 7.94. The van der Waals surface area contributed by atoms with Gasteiger partial charge in [-0.1, -0.05) is 6.92 Å². The minimum Gasteiger partial charge on any atom is -0.385 e. The molecular formula is C20H25F3N6O2. The van der Waals surface area contributed by atoms with E-state index in [4.69, 9.17) is 0 Å². The Bertz CT molecular complexity index is 1090. The molecule has 1 saturated heterocycles. The predicted octanol–water partition coefficient (Wildman–Crippen LogP) is 2.67. The second-order valence-electron chi connectivity index (χ2n) is 7.94. The van der Waals surface area contributed by atoms with Crippen LogP contribution in [0.5, 0.6) is 0 Å². The van der Waals surface area contributed by atoms with Gasteiger partial charge in [-0.05, 0) is 25.8 Å². The highest BCUT2D eigenvalue weighted by Crippen LogP contribution is 2.34. The molecule has 3 atom stereocenters. The highest BCUT2D eigenvalue weighted by Gasteiger charge is 2.36. The van der Waals surface area contributed by atoms with E-state index in [9.17, 15) is 23.1 Å². The van der Waals surface area contributed by atoms with E-state index in [2.05, 4.69) is 15.0 Å². The molecule has 0 saturated carbocycles. The Morgan fingerprint density at radius 2 is 2.23 bits per heavy atom. The van der Waals surface area contributed by atoms with Crippen molar-refractivity contribution in [1.29, 1.82) is 0 Å². The first-order valence-corrected chi connectivity index (χ1v) is 10.3. The van der Waals surface area contributed by atoms with Crippen molar-refractivity contribution in [3.63, 3.8) is 0 Å². The summed E-state index contributed by atoms with van der Waals surface area (Å²) in [4.78, 5) is 26.3. The monoisotopic (exact) mass is 438 g/mol. The van der Waals surface area contributed by atoms with E-state index < -0.39 is 30.8 Å². The van der Waals surface area contributed by atoms with Crippen LogP contribution in [-0.4, -0.2) is 67.3 Å². The number of carbonyl (C=O) groups is 1. The molecule has 0 aromatic carbocycles. The van der Waals surface area contributed by atoms with Crippen molar-refractivity contribution >= 4 is 28.0 Å². The van der Waals surface area contributed by atoms with Crippen LogP contribution in [0.25, 0.3) is 22.1 Å². The number of alkyl halides is 3. The average molecular weight is 438 g/mol. The van der Waals surface area contributed by atoms with Crippen molar-refractivity contribution < 1.29 is 23.1 Å². The predicted molar refractivity (Wildman–Crippen MR) is 108 cm³/mol. The van der Waals surface area contributed by atoms with E-state index in [0.29, 0.717) is 42.9 Å². The molecule has 31 heavy (non-hydrogen) atoms. The first-order chi connectivity index (χ1) is 14.7. The summed E-state index contributed by atoms with van der Waals surface area (Å²) < 4.78 is 39.5. The Kier molecular flexibility index (Phi) is 5.65. The van der Waals surface area contributed by atoms with Crippen LogP contribution >= 0.6 is 0 Å². The zero-order chi connectivity index (χ0) is 22.3. The number of nitrogens with zero attached hydrogens (tertiary/aromatic N) is 4. The van der Waals surface area contributed by atoms with E-state index in [1.165, 1.54) is 0 Å². The summed E-state index contributed by atoms with van der Waals surface area (Å²) in [7, 11) is 0. The van der Waals surface area contributed by atoms with Crippen LogP contribution in [0, 0.1) is 0 Å². The van der Waals surface area contributed by atoms with E-state index in [1.807, 2.05) is 20.9 Å². The molecule has 4 heterocycles. The summed E-state index contributed by atoms with van der Waals surface area (Å²) in [5, 5.41) is 13.2. The first kappa shape index (κ1) is 21.6. The summed E-state index contributed by atoms with van der Waals surface area (Å²) in [6.45, 7) is 3.12. The molecule has 1 aliphatic heterocycles. The maximum atomic E-state index is 12.5. The van der Waals surface area contributed by atoms with Gasteiger partial charge in [-0.3, -0.25) is 9.69 Å². The molecule has 11 heteroatoms. The number of imidazole rings is 1. The molecule has 0 spiro atoms. The molecule has 1 fully saturated rings. The largest absolute Gasteiger partial charge is 0.405 e. The van der Waals surface area contributed by atoms with Gasteiger partial charge in [-0.2, -0.15) is 13.2 Å². The van der Waals surface area contributed by atoms with Gasteiger partial charge in [0.25, 0.3) is 0 Å². The lowest BCUT2D eigenvalue weighted by atomic mass is 10.2. The normalized spacial score (nSPS) is 19.9. The minimum atomic E-state index is -4.45. The standard InChI is InChI=1S/C20H25F3N6O2/c1-3-15(19(31)26-10-20(21,22)23)28-7-5-12(9-28)29-16-13-4-6-24-17(13)25-8-14(16)27-18(29)11(2)30/h4,6,8,11-12,15,30H,3,5,7,9-10H2,1-2H3,(H,24,25)(H,26,31)/t11-,12+,15?/m1/s1. The van der Waals surface area contributed by atoms with Crippen LogP contribution in [0.4, 0.5) is 13.2 Å². The van der Waals surface area contributed by atoms with Gasteiger partial charge in [0.05, 0.1) is 17.8 Å². The number of H-pyrrole nitrogens is 1. The van der Waals surface area contributed by atoms with Crippen LogP contribution in [-0.2, 0) is 4.79 Å². The Labute approximate surface area is 176 Å².